The molecule has 1 amide bonds. The number of rotatable bonds is 5. The van der Waals surface area contributed by atoms with Crippen molar-refractivity contribution in [2.24, 2.45) is 0 Å². The molecule has 0 aliphatic carbocycles. The number of carbonyl (C=O) groups is 1. The molecule has 0 saturated carbocycles. The number of nitrogens with one attached hydrogen (secondary N) is 2. The van der Waals surface area contributed by atoms with E-state index < -0.39 is 0 Å². The normalized spacial score (nSPS) is 10.5. The Morgan fingerprint density at radius 2 is 1.95 bits per heavy atom. The van der Waals surface area contributed by atoms with Crippen molar-refractivity contribution in [3.8, 4) is 0 Å². The molecule has 0 unspecified atom stereocenters. The van der Waals surface area contributed by atoms with E-state index in [0.717, 1.165) is 5.56 Å². The van der Waals surface area contributed by atoms with Crippen LogP contribution in [0.4, 0.5) is 5.82 Å². The number of anilines is 1. The van der Waals surface area contributed by atoms with Crippen LogP contribution in [0.5, 0.6) is 0 Å². The minimum absolute atomic E-state index is 0.0704. The van der Waals surface area contributed by atoms with Crippen LogP contribution in [0, 0.1) is 6.92 Å². The lowest BCUT2D eigenvalue weighted by molar-refractivity contribution is 0.0937. The third kappa shape index (κ3) is 4.52. The molecule has 2 heterocycles. The lowest BCUT2D eigenvalue weighted by atomic mass is 10.2. The third-order valence-corrected chi connectivity index (χ3v) is 2.71. The van der Waals surface area contributed by atoms with Gasteiger partial charge >= 0.3 is 0 Å². The van der Waals surface area contributed by atoms with Crippen molar-refractivity contribution in [2.45, 2.75) is 33.4 Å². The number of hydrogen-bond acceptors (Lipinski definition) is 5. The topological polar surface area (TPSA) is 79.8 Å². The molecule has 0 saturated heterocycles. The van der Waals surface area contributed by atoms with Gasteiger partial charge in [0.25, 0.3) is 5.91 Å². The number of aromatic nitrogens is 3. The number of nitrogens with zero attached hydrogens (tertiary/aromatic N) is 3. The highest BCUT2D eigenvalue weighted by atomic mass is 16.1. The first-order valence-corrected chi connectivity index (χ1v) is 6.84. The van der Waals surface area contributed by atoms with Crippen LogP contribution in [0.3, 0.4) is 0 Å². The van der Waals surface area contributed by atoms with Crippen molar-refractivity contribution in [1.29, 1.82) is 0 Å². The molecule has 2 N–H and O–H groups in total. The third-order valence-electron chi connectivity index (χ3n) is 2.71. The average Bonchev–Trinajstić information content (AvgIpc) is 2.45. The van der Waals surface area contributed by atoms with Gasteiger partial charge in [0, 0.05) is 31.0 Å². The van der Waals surface area contributed by atoms with E-state index in [1.807, 2.05) is 26.0 Å². The van der Waals surface area contributed by atoms with Gasteiger partial charge in [-0.05, 0) is 38.5 Å². The molecule has 110 valence electrons. The second-order valence-corrected chi connectivity index (χ2v) is 5.02. The summed E-state index contributed by atoms with van der Waals surface area (Å²) in [5, 5.41) is 6.01. The van der Waals surface area contributed by atoms with Crippen LogP contribution in [0.1, 0.15) is 35.7 Å². The number of hydrogen-bond donors (Lipinski definition) is 2. The zero-order valence-corrected chi connectivity index (χ0v) is 12.4. The van der Waals surface area contributed by atoms with Gasteiger partial charge in [-0.3, -0.25) is 9.78 Å². The fourth-order valence-corrected chi connectivity index (χ4v) is 1.80. The van der Waals surface area contributed by atoms with E-state index in [0.29, 0.717) is 23.9 Å². The minimum atomic E-state index is -0.192. The number of carbonyl (C=O) groups excluding carboxylic acids is 1. The van der Waals surface area contributed by atoms with E-state index in [1.165, 1.54) is 0 Å². The Hall–Kier alpha value is -2.50. The van der Waals surface area contributed by atoms with Gasteiger partial charge in [-0.25, -0.2) is 9.97 Å². The summed E-state index contributed by atoms with van der Waals surface area (Å²) in [5.41, 5.74) is 1.46. The largest absolute Gasteiger partial charge is 0.366 e. The second-order valence-electron chi connectivity index (χ2n) is 5.02. The van der Waals surface area contributed by atoms with E-state index in [-0.39, 0.29) is 11.9 Å². The summed E-state index contributed by atoms with van der Waals surface area (Å²) in [6.45, 7) is 6.21. The molecule has 0 aromatic carbocycles. The highest BCUT2D eigenvalue weighted by Gasteiger charge is 2.11. The maximum atomic E-state index is 12.0. The molecule has 0 fully saturated rings. The zero-order valence-electron chi connectivity index (χ0n) is 12.4. The Labute approximate surface area is 124 Å². The molecule has 6 nitrogen and oxygen atoms in total. The molecule has 0 aliphatic rings. The molecule has 2 aromatic rings. The molecule has 0 bridgehead atoms. The Balaban J connectivity index is 2.10. The van der Waals surface area contributed by atoms with Gasteiger partial charge in [0.1, 0.15) is 17.3 Å². The van der Waals surface area contributed by atoms with Crippen LogP contribution >= 0.6 is 0 Å². The summed E-state index contributed by atoms with van der Waals surface area (Å²) in [6, 6.07) is 5.58. The maximum Gasteiger partial charge on any atom is 0.270 e. The molecular weight excluding hydrogens is 266 g/mol. The van der Waals surface area contributed by atoms with E-state index in [9.17, 15) is 4.79 Å². The van der Waals surface area contributed by atoms with Gasteiger partial charge < -0.3 is 10.6 Å². The number of aryl methyl sites for hydroxylation is 1. The summed E-state index contributed by atoms with van der Waals surface area (Å²) in [7, 11) is 0. The minimum Gasteiger partial charge on any atom is -0.366 e. The van der Waals surface area contributed by atoms with Crippen LogP contribution in [-0.2, 0) is 6.54 Å². The summed E-state index contributed by atoms with van der Waals surface area (Å²) in [4.78, 5) is 24.4. The Morgan fingerprint density at radius 1 is 1.24 bits per heavy atom. The smallest absolute Gasteiger partial charge is 0.270 e. The van der Waals surface area contributed by atoms with Crippen molar-refractivity contribution in [3.63, 3.8) is 0 Å². The molecule has 0 spiro atoms. The van der Waals surface area contributed by atoms with Gasteiger partial charge in [-0.15, -0.1) is 0 Å². The lowest BCUT2D eigenvalue weighted by Crippen LogP contribution is -2.31. The first-order chi connectivity index (χ1) is 10.0. The van der Waals surface area contributed by atoms with Gasteiger partial charge in [0.15, 0.2) is 0 Å². The first kappa shape index (κ1) is 14.9. The molecular formula is C15H19N5O. The Kier molecular flexibility index (Phi) is 4.81. The highest BCUT2D eigenvalue weighted by Crippen LogP contribution is 2.09. The number of amides is 1. The van der Waals surface area contributed by atoms with Gasteiger partial charge in [0.05, 0.1) is 0 Å². The molecule has 0 aliphatic heterocycles. The van der Waals surface area contributed by atoms with E-state index in [1.54, 1.807) is 25.4 Å². The van der Waals surface area contributed by atoms with E-state index in [4.69, 9.17) is 0 Å². The molecule has 0 radical (unpaired) electrons. The highest BCUT2D eigenvalue weighted by molar-refractivity contribution is 5.93. The zero-order chi connectivity index (χ0) is 15.2. The molecule has 0 atom stereocenters. The number of pyridine rings is 1. The van der Waals surface area contributed by atoms with Crippen LogP contribution < -0.4 is 10.6 Å². The van der Waals surface area contributed by atoms with Gasteiger partial charge in [-0.2, -0.15) is 0 Å². The van der Waals surface area contributed by atoms with Crippen LogP contribution in [0.2, 0.25) is 0 Å². The molecule has 2 rings (SSSR count). The Bertz CT molecular complexity index is 613. The van der Waals surface area contributed by atoms with Crippen LogP contribution in [0.15, 0.2) is 30.6 Å². The standard InChI is InChI=1S/C15H19N5O/c1-10(2)18-15(21)13-8-14(20-11(3)19-13)17-9-12-4-6-16-7-5-12/h4-8,10H,9H2,1-3H3,(H,18,21)(H,17,19,20). The van der Waals surface area contributed by atoms with Crippen LogP contribution in [-0.4, -0.2) is 26.9 Å². The first-order valence-electron chi connectivity index (χ1n) is 6.84. The fraction of sp³-hybridized carbons (Fsp3) is 0.333. The van der Waals surface area contributed by atoms with Gasteiger partial charge in [-0.1, -0.05) is 0 Å². The van der Waals surface area contributed by atoms with Crippen molar-refractivity contribution in [2.75, 3.05) is 5.32 Å². The quantitative estimate of drug-likeness (QED) is 0.877. The summed E-state index contributed by atoms with van der Waals surface area (Å²) < 4.78 is 0. The van der Waals surface area contributed by atoms with Gasteiger partial charge in [0.2, 0.25) is 0 Å². The molecule has 2 aromatic heterocycles. The maximum absolute atomic E-state index is 12.0. The SMILES string of the molecule is Cc1nc(NCc2ccncc2)cc(C(=O)NC(C)C)n1. The van der Waals surface area contributed by atoms with E-state index >= 15 is 0 Å². The summed E-state index contributed by atoms with van der Waals surface area (Å²) in [6.07, 6.45) is 3.48. The molecule has 6 heteroatoms. The van der Waals surface area contributed by atoms with Crippen molar-refractivity contribution in [3.05, 3.63) is 47.7 Å². The fourth-order valence-electron chi connectivity index (χ4n) is 1.80. The predicted molar refractivity (Wildman–Crippen MR) is 80.9 cm³/mol. The van der Waals surface area contributed by atoms with Crippen LogP contribution in [0.25, 0.3) is 0 Å². The second kappa shape index (κ2) is 6.78. The van der Waals surface area contributed by atoms with Crippen molar-refractivity contribution < 1.29 is 4.79 Å². The summed E-state index contributed by atoms with van der Waals surface area (Å²) >= 11 is 0. The van der Waals surface area contributed by atoms with Crippen molar-refractivity contribution >= 4 is 11.7 Å². The predicted octanol–water partition coefficient (Wildman–Crippen LogP) is 1.93. The van der Waals surface area contributed by atoms with Crippen molar-refractivity contribution in [1.82, 2.24) is 20.3 Å². The summed E-state index contributed by atoms with van der Waals surface area (Å²) in [5.74, 6) is 0.999. The monoisotopic (exact) mass is 285 g/mol. The average molecular weight is 285 g/mol. The lowest BCUT2D eigenvalue weighted by Gasteiger charge is -2.10. The molecule has 21 heavy (non-hydrogen) atoms. The van der Waals surface area contributed by atoms with E-state index in [2.05, 4.69) is 25.6 Å². The Morgan fingerprint density at radius 3 is 2.62 bits per heavy atom.